The van der Waals surface area contributed by atoms with Crippen LogP contribution in [0.3, 0.4) is 0 Å². The molecule has 0 saturated heterocycles. The first-order valence-electron chi connectivity index (χ1n) is 7.55. The van der Waals surface area contributed by atoms with E-state index in [0.717, 1.165) is 12.1 Å². The molecule has 0 spiro atoms. The fourth-order valence-corrected chi connectivity index (χ4v) is 2.69. The monoisotopic (exact) mass is 365 g/mol. The minimum absolute atomic E-state index is 0.0538. The molecule has 3 aromatic rings. The zero-order chi connectivity index (χ0) is 19.2. The molecule has 2 aromatic heterocycles. The number of hydrogen-bond donors (Lipinski definition) is 2. The van der Waals surface area contributed by atoms with Crippen LogP contribution in [-0.4, -0.2) is 25.7 Å². The first kappa shape index (κ1) is 17.6. The molecule has 0 saturated carbocycles. The van der Waals surface area contributed by atoms with Crippen LogP contribution in [0.25, 0.3) is 11.0 Å². The van der Waals surface area contributed by atoms with Crippen LogP contribution in [0.5, 0.6) is 0 Å². The van der Waals surface area contributed by atoms with Gasteiger partial charge in [0.25, 0.3) is 11.5 Å². The Morgan fingerprint density at radius 2 is 1.88 bits per heavy atom. The number of H-pyrrole nitrogens is 1. The highest BCUT2D eigenvalue weighted by Crippen LogP contribution is 2.31. The summed E-state index contributed by atoms with van der Waals surface area (Å²) in [5, 5.41) is 4.02. The van der Waals surface area contributed by atoms with E-state index in [9.17, 15) is 22.8 Å². The predicted octanol–water partition coefficient (Wildman–Crippen LogP) is 2.16. The van der Waals surface area contributed by atoms with Gasteiger partial charge in [-0.25, -0.2) is 9.67 Å². The van der Waals surface area contributed by atoms with Gasteiger partial charge in [0, 0.05) is 0 Å². The van der Waals surface area contributed by atoms with Gasteiger partial charge in [-0.05, 0) is 31.5 Å². The van der Waals surface area contributed by atoms with Crippen molar-refractivity contribution < 1.29 is 18.0 Å². The fourth-order valence-electron chi connectivity index (χ4n) is 2.69. The molecule has 10 heteroatoms. The lowest BCUT2D eigenvalue weighted by atomic mass is 10.1. The first-order valence-corrected chi connectivity index (χ1v) is 7.55. The van der Waals surface area contributed by atoms with Crippen molar-refractivity contribution in [2.75, 3.05) is 0 Å². The van der Waals surface area contributed by atoms with Gasteiger partial charge in [0.15, 0.2) is 11.3 Å². The second-order valence-electron chi connectivity index (χ2n) is 5.80. The van der Waals surface area contributed by atoms with E-state index in [2.05, 4.69) is 15.1 Å². The number of aromatic nitrogens is 4. The number of nitrogens with two attached hydrogens (primary N) is 1. The summed E-state index contributed by atoms with van der Waals surface area (Å²) in [5.41, 5.74) is 4.33. The number of amides is 1. The second-order valence-corrected chi connectivity index (χ2v) is 5.80. The Balaban J connectivity index is 2.16. The number of aryl methyl sites for hydroxylation is 1. The number of halogens is 3. The molecule has 0 bridgehead atoms. The van der Waals surface area contributed by atoms with Crippen LogP contribution in [0.2, 0.25) is 0 Å². The van der Waals surface area contributed by atoms with E-state index in [1.54, 1.807) is 13.8 Å². The molecule has 0 unspecified atom stereocenters. The molecule has 2 heterocycles. The maximum atomic E-state index is 12.7. The van der Waals surface area contributed by atoms with Gasteiger partial charge in [-0.3, -0.25) is 9.59 Å². The first-order chi connectivity index (χ1) is 12.1. The SMILES string of the molecule is Cc1nc2c(c(C(N)=O)nn2[C@@H](C)c2ccc(C(F)(F)F)cc2)c(=O)[nH]1. The number of benzene rings is 1. The highest BCUT2D eigenvalue weighted by Gasteiger charge is 2.30. The minimum Gasteiger partial charge on any atom is -0.364 e. The zero-order valence-corrected chi connectivity index (χ0v) is 13.8. The Hall–Kier alpha value is -3.17. The Labute approximate surface area is 144 Å². The maximum absolute atomic E-state index is 12.7. The third kappa shape index (κ3) is 2.93. The topological polar surface area (TPSA) is 107 Å². The van der Waals surface area contributed by atoms with E-state index in [-0.39, 0.29) is 16.7 Å². The van der Waals surface area contributed by atoms with Crippen LogP contribution < -0.4 is 11.3 Å². The zero-order valence-electron chi connectivity index (χ0n) is 13.8. The molecule has 26 heavy (non-hydrogen) atoms. The Morgan fingerprint density at radius 3 is 2.42 bits per heavy atom. The summed E-state index contributed by atoms with van der Waals surface area (Å²) in [6, 6.07) is 3.95. The fraction of sp³-hybridized carbons (Fsp3) is 0.250. The van der Waals surface area contributed by atoms with Crippen LogP contribution in [0, 0.1) is 6.92 Å². The Morgan fingerprint density at radius 1 is 1.27 bits per heavy atom. The minimum atomic E-state index is -4.44. The summed E-state index contributed by atoms with van der Waals surface area (Å²) in [6.07, 6.45) is -4.44. The van der Waals surface area contributed by atoms with E-state index in [4.69, 9.17) is 5.73 Å². The van der Waals surface area contributed by atoms with Crippen molar-refractivity contribution in [2.24, 2.45) is 5.73 Å². The average Bonchev–Trinajstić information content (AvgIpc) is 2.93. The van der Waals surface area contributed by atoms with Crippen LogP contribution >= 0.6 is 0 Å². The Bertz CT molecular complexity index is 1050. The molecule has 7 nitrogen and oxygen atoms in total. The van der Waals surface area contributed by atoms with Gasteiger partial charge in [0.2, 0.25) is 0 Å². The molecular formula is C16H14F3N5O2. The number of nitrogens with one attached hydrogen (secondary N) is 1. The highest BCUT2D eigenvalue weighted by molar-refractivity contribution is 6.02. The number of nitrogens with zero attached hydrogens (tertiary/aromatic N) is 3. The van der Waals surface area contributed by atoms with Gasteiger partial charge in [0.1, 0.15) is 11.2 Å². The number of primary amides is 1. The molecule has 0 radical (unpaired) electrons. The van der Waals surface area contributed by atoms with Crippen LogP contribution in [0.1, 0.15) is 40.4 Å². The number of rotatable bonds is 3. The lowest BCUT2D eigenvalue weighted by Gasteiger charge is -2.15. The predicted molar refractivity (Wildman–Crippen MR) is 86.7 cm³/mol. The highest BCUT2D eigenvalue weighted by atomic mass is 19.4. The van der Waals surface area contributed by atoms with Crippen molar-refractivity contribution in [3.63, 3.8) is 0 Å². The summed E-state index contributed by atoms with van der Waals surface area (Å²) >= 11 is 0. The molecule has 0 aliphatic rings. The molecule has 1 aromatic carbocycles. The molecule has 1 amide bonds. The smallest absolute Gasteiger partial charge is 0.364 e. The van der Waals surface area contributed by atoms with E-state index < -0.39 is 29.2 Å². The maximum Gasteiger partial charge on any atom is 0.416 e. The second kappa shape index (κ2) is 5.97. The standard InChI is InChI=1S/C16H14F3N5O2/c1-7(9-3-5-10(6-4-9)16(17,18)19)24-14-11(12(23-24)13(20)25)15(26)22-8(2)21-14/h3-7H,1-2H3,(H2,20,25)(H,21,22,26)/t7-/m0/s1. The van der Waals surface area contributed by atoms with Crippen molar-refractivity contribution in [3.8, 4) is 0 Å². The summed E-state index contributed by atoms with van der Waals surface area (Å²) in [5.74, 6) is -0.594. The normalized spacial score (nSPS) is 13.1. The number of hydrogen-bond acceptors (Lipinski definition) is 4. The number of fused-ring (bicyclic) bond motifs is 1. The Kier molecular flexibility index (Phi) is 4.05. The van der Waals surface area contributed by atoms with E-state index in [0.29, 0.717) is 11.4 Å². The van der Waals surface area contributed by atoms with Gasteiger partial charge < -0.3 is 10.7 Å². The number of carbonyl (C=O) groups is 1. The summed E-state index contributed by atoms with van der Waals surface area (Å²) in [6.45, 7) is 3.23. The number of aromatic amines is 1. The van der Waals surface area contributed by atoms with Crippen LogP contribution in [-0.2, 0) is 6.18 Å². The van der Waals surface area contributed by atoms with Gasteiger partial charge >= 0.3 is 6.18 Å². The van der Waals surface area contributed by atoms with Gasteiger partial charge in [-0.2, -0.15) is 18.3 Å². The van der Waals surface area contributed by atoms with Crippen molar-refractivity contribution in [1.82, 2.24) is 19.7 Å². The van der Waals surface area contributed by atoms with Crippen LogP contribution in [0.4, 0.5) is 13.2 Å². The van der Waals surface area contributed by atoms with E-state index in [1.807, 2.05) is 0 Å². The molecule has 0 fully saturated rings. The van der Waals surface area contributed by atoms with E-state index >= 15 is 0 Å². The van der Waals surface area contributed by atoms with E-state index in [1.165, 1.54) is 16.8 Å². The molecular weight excluding hydrogens is 351 g/mol. The summed E-state index contributed by atoms with van der Waals surface area (Å²) < 4.78 is 39.5. The molecule has 0 aliphatic carbocycles. The quantitative estimate of drug-likeness (QED) is 0.742. The molecule has 0 aliphatic heterocycles. The lowest BCUT2D eigenvalue weighted by molar-refractivity contribution is -0.137. The van der Waals surface area contributed by atoms with Gasteiger partial charge in [-0.15, -0.1) is 0 Å². The number of carbonyl (C=O) groups excluding carboxylic acids is 1. The molecule has 3 rings (SSSR count). The van der Waals surface area contributed by atoms with Gasteiger partial charge in [-0.1, -0.05) is 12.1 Å². The summed E-state index contributed by atoms with van der Waals surface area (Å²) in [4.78, 5) is 30.5. The third-order valence-corrected chi connectivity index (χ3v) is 4.00. The largest absolute Gasteiger partial charge is 0.416 e. The van der Waals surface area contributed by atoms with Crippen molar-refractivity contribution >= 4 is 16.9 Å². The van der Waals surface area contributed by atoms with Crippen LogP contribution in [0.15, 0.2) is 29.1 Å². The summed E-state index contributed by atoms with van der Waals surface area (Å²) in [7, 11) is 0. The number of alkyl halides is 3. The third-order valence-electron chi connectivity index (χ3n) is 4.00. The van der Waals surface area contributed by atoms with Crippen molar-refractivity contribution in [2.45, 2.75) is 26.1 Å². The average molecular weight is 365 g/mol. The lowest BCUT2D eigenvalue weighted by Crippen LogP contribution is -2.17. The molecule has 3 N–H and O–H groups in total. The molecule has 1 atom stereocenters. The van der Waals surface area contributed by atoms with Gasteiger partial charge in [0.05, 0.1) is 11.6 Å². The molecule has 136 valence electrons. The van der Waals surface area contributed by atoms with Crippen molar-refractivity contribution in [1.29, 1.82) is 0 Å². The van der Waals surface area contributed by atoms with Crippen molar-refractivity contribution in [3.05, 3.63) is 57.3 Å².